The molecule has 0 bridgehead atoms. The van der Waals surface area contributed by atoms with Crippen molar-refractivity contribution in [3.8, 4) is 0 Å². The van der Waals surface area contributed by atoms with Gasteiger partial charge in [0.15, 0.2) is 0 Å². The Morgan fingerprint density at radius 1 is 0.971 bits per heavy atom. The lowest BCUT2D eigenvalue weighted by molar-refractivity contribution is 0.102. The number of hydrogen-bond donors (Lipinski definition) is 1. The van der Waals surface area contributed by atoms with E-state index in [1.807, 2.05) is 38.1 Å². The van der Waals surface area contributed by atoms with E-state index in [0.29, 0.717) is 12.1 Å². The Bertz CT molecular complexity index is 1380. The molecule has 1 heterocycles. The van der Waals surface area contributed by atoms with Gasteiger partial charge in [0.05, 0.1) is 0 Å². The van der Waals surface area contributed by atoms with Crippen LogP contribution in [0.15, 0.2) is 65.6 Å². The van der Waals surface area contributed by atoms with E-state index in [1.165, 1.54) is 28.6 Å². The molecule has 0 unspecified atom stereocenters. The number of sulfonamides is 1. The molecule has 1 atom stereocenters. The van der Waals surface area contributed by atoms with Crippen LogP contribution in [0.5, 0.6) is 0 Å². The van der Waals surface area contributed by atoms with Crippen molar-refractivity contribution < 1.29 is 22.0 Å². The summed E-state index contributed by atoms with van der Waals surface area (Å²) in [5, 5.41) is 2.52. The average Bonchev–Trinajstić information content (AvgIpc) is 2.81. The zero-order chi connectivity index (χ0) is 25.3. The number of nitrogens with one attached hydrogen (secondary N) is 1. The first kappa shape index (κ1) is 24.8. The summed E-state index contributed by atoms with van der Waals surface area (Å²) in [6, 6.07) is 15.3. The van der Waals surface area contributed by atoms with Gasteiger partial charge in [-0.15, -0.1) is 0 Å². The molecule has 184 valence electrons. The fourth-order valence-electron chi connectivity index (χ4n) is 4.19. The molecule has 0 aromatic heterocycles. The summed E-state index contributed by atoms with van der Waals surface area (Å²) in [5.74, 6) is -2.08. The highest BCUT2D eigenvalue weighted by molar-refractivity contribution is 7.89. The van der Waals surface area contributed by atoms with Crippen LogP contribution in [-0.2, 0) is 10.0 Å². The highest BCUT2D eigenvalue weighted by atomic mass is 32.2. The van der Waals surface area contributed by atoms with Gasteiger partial charge in [-0.25, -0.2) is 17.2 Å². The SMILES string of the molecule is Cc1cccc(N2CCN(S(=O)(=O)c3cc(C(=O)Nc4ccc(C)c(F)c4)ccc3F)C[C@H]2C)c1. The van der Waals surface area contributed by atoms with Gasteiger partial charge in [0, 0.05) is 42.6 Å². The number of carbonyl (C=O) groups is 1. The highest BCUT2D eigenvalue weighted by Gasteiger charge is 2.34. The zero-order valence-corrected chi connectivity index (χ0v) is 20.6. The van der Waals surface area contributed by atoms with E-state index in [9.17, 15) is 22.0 Å². The number of rotatable bonds is 5. The van der Waals surface area contributed by atoms with E-state index >= 15 is 0 Å². The summed E-state index contributed by atoms with van der Waals surface area (Å²) in [4.78, 5) is 14.3. The molecule has 3 aromatic rings. The van der Waals surface area contributed by atoms with Crippen LogP contribution >= 0.6 is 0 Å². The Morgan fingerprint density at radius 3 is 2.43 bits per heavy atom. The third kappa shape index (κ3) is 5.21. The quantitative estimate of drug-likeness (QED) is 0.551. The van der Waals surface area contributed by atoms with Crippen LogP contribution in [0.4, 0.5) is 20.2 Å². The van der Waals surface area contributed by atoms with Crippen LogP contribution in [0.25, 0.3) is 0 Å². The van der Waals surface area contributed by atoms with Gasteiger partial charge in [-0.05, 0) is 74.4 Å². The monoisotopic (exact) mass is 499 g/mol. The molecule has 9 heteroatoms. The lowest BCUT2D eigenvalue weighted by Gasteiger charge is -2.40. The second-order valence-corrected chi connectivity index (χ2v) is 10.7. The van der Waals surface area contributed by atoms with E-state index in [2.05, 4.69) is 10.2 Å². The van der Waals surface area contributed by atoms with E-state index in [1.54, 1.807) is 6.92 Å². The van der Waals surface area contributed by atoms with Crippen molar-refractivity contribution >= 4 is 27.3 Å². The molecule has 6 nitrogen and oxygen atoms in total. The molecule has 0 saturated carbocycles. The van der Waals surface area contributed by atoms with Gasteiger partial charge >= 0.3 is 0 Å². The number of hydrogen-bond acceptors (Lipinski definition) is 4. The lowest BCUT2D eigenvalue weighted by Crippen LogP contribution is -2.53. The minimum absolute atomic E-state index is 0.0441. The molecule has 3 aromatic carbocycles. The van der Waals surface area contributed by atoms with Crippen molar-refractivity contribution in [3.05, 3.63) is 89.0 Å². The summed E-state index contributed by atoms with van der Waals surface area (Å²) >= 11 is 0. The maximum Gasteiger partial charge on any atom is 0.255 e. The Labute approximate surface area is 204 Å². The maximum atomic E-state index is 14.7. The Hall–Kier alpha value is -3.30. The third-order valence-electron chi connectivity index (χ3n) is 6.16. The number of piperazine rings is 1. The summed E-state index contributed by atoms with van der Waals surface area (Å²) in [5.41, 5.74) is 2.71. The first-order chi connectivity index (χ1) is 16.6. The number of amides is 1. The van der Waals surface area contributed by atoms with Crippen molar-refractivity contribution in [1.82, 2.24) is 4.31 Å². The highest BCUT2D eigenvalue weighted by Crippen LogP contribution is 2.27. The smallest absolute Gasteiger partial charge is 0.255 e. The minimum Gasteiger partial charge on any atom is -0.366 e. The van der Waals surface area contributed by atoms with E-state index in [0.717, 1.165) is 23.4 Å². The van der Waals surface area contributed by atoms with Gasteiger partial charge in [0.1, 0.15) is 16.5 Å². The predicted octanol–water partition coefficient (Wildman–Crippen LogP) is 4.73. The van der Waals surface area contributed by atoms with E-state index in [-0.39, 0.29) is 30.4 Å². The normalized spacial score (nSPS) is 16.8. The van der Waals surface area contributed by atoms with Crippen molar-refractivity contribution in [1.29, 1.82) is 0 Å². The van der Waals surface area contributed by atoms with Gasteiger partial charge in [-0.2, -0.15) is 4.31 Å². The maximum absolute atomic E-state index is 14.7. The number of nitrogens with zero attached hydrogens (tertiary/aromatic N) is 2. The van der Waals surface area contributed by atoms with Crippen LogP contribution in [0, 0.1) is 25.5 Å². The van der Waals surface area contributed by atoms with Gasteiger partial charge in [-0.1, -0.05) is 18.2 Å². The molecule has 1 saturated heterocycles. The number of anilines is 2. The van der Waals surface area contributed by atoms with E-state index in [4.69, 9.17) is 0 Å². The summed E-state index contributed by atoms with van der Waals surface area (Å²) < 4.78 is 56.5. The van der Waals surface area contributed by atoms with Crippen LogP contribution < -0.4 is 10.2 Å². The van der Waals surface area contributed by atoms with Gasteiger partial charge in [-0.3, -0.25) is 4.79 Å². The van der Waals surface area contributed by atoms with Gasteiger partial charge < -0.3 is 10.2 Å². The molecule has 1 amide bonds. The summed E-state index contributed by atoms with van der Waals surface area (Å²) in [7, 11) is -4.19. The average molecular weight is 500 g/mol. The molecule has 1 aliphatic heterocycles. The molecule has 1 N–H and O–H groups in total. The lowest BCUT2D eigenvalue weighted by atomic mass is 10.1. The fraction of sp³-hybridized carbons (Fsp3) is 0.269. The van der Waals surface area contributed by atoms with Crippen LogP contribution in [0.1, 0.15) is 28.4 Å². The largest absolute Gasteiger partial charge is 0.366 e. The standard InChI is InChI=1S/C26H27F2N3O3S/c1-17-5-4-6-22(13-17)31-12-11-30(16-19(31)3)35(33,34)25-14-20(8-10-23(25)27)26(32)29-21-9-7-18(2)24(28)15-21/h4-10,13-15,19H,11-12,16H2,1-3H3,(H,29,32)/t19-/m1/s1. The summed E-state index contributed by atoms with van der Waals surface area (Å²) in [6.45, 7) is 6.32. The second kappa shape index (κ2) is 9.75. The zero-order valence-electron chi connectivity index (χ0n) is 19.8. The Balaban J connectivity index is 1.54. The van der Waals surface area contributed by atoms with Crippen molar-refractivity contribution in [2.75, 3.05) is 29.9 Å². The molecule has 0 spiro atoms. The van der Waals surface area contributed by atoms with Crippen LogP contribution in [-0.4, -0.2) is 44.3 Å². The first-order valence-corrected chi connectivity index (χ1v) is 12.7. The molecule has 0 radical (unpaired) electrons. The number of halogens is 2. The van der Waals surface area contributed by atoms with Crippen molar-refractivity contribution in [2.45, 2.75) is 31.7 Å². The number of benzene rings is 3. The molecule has 4 rings (SSSR count). The van der Waals surface area contributed by atoms with Crippen molar-refractivity contribution in [2.24, 2.45) is 0 Å². The molecule has 1 fully saturated rings. The molecular weight excluding hydrogens is 472 g/mol. The first-order valence-electron chi connectivity index (χ1n) is 11.3. The number of aryl methyl sites for hydroxylation is 2. The Kier molecular flexibility index (Phi) is 6.91. The van der Waals surface area contributed by atoms with Crippen LogP contribution in [0.3, 0.4) is 0 Å². The fourth-order valence-corrected chi connectivity index (χ4v) is 5.79. The third-order valence-corrected chi connectivity index (χ3v) is 8.04. The predicted molar refractivity (Wildman–Crippen MR) is 132 cm³/mol. The van der Waals surface area contributed by atoms with Crippen LogP contribution in [0.2, 0.25) is 0 Å². The summed E-state index contributed by atoms with van der Waals surface area (Å²) in [6.07, 6.45) is 0. The van der Waals surface area contributed by atoms with Gasteiger partial charge in [0.2, 0.25) is 10.0 Å². The van der Waals surface area contributed by atoms with Crippen molar-refractivity contribution in [3.63, 3.8) is 0 Å². The topological polar surface area (TPSA) is 69.7 Å². The second-order valence-electron chi connectivity index (χ2n) is 8.81. The van der Waals surface area contributed by atoms with Gasteiger partial charge in [0.25, 0.3) is 5.91 Å². The molecular formula is C26H27F2N3O3S. The minimum atomic E-state index is -4.19. The number of carbonyl (C=O) groups excluding carboxylic acids is 1. The Morgan fingerprint density at radius 2 is 1.74 bits per heavy atom. The molecule has 1 aliphatic rings. The van der Waals surface area contributed by atoms with E-state index < -0.39 is 32.5 Å². The molecule has 0 aliphatic carbocycles. The molecule has 35 heavy (non-hydrogen) atoms.